The summed E-state index contributed by atoms with van der Waals surface area (Å²) in [4.78, 5) is 15.3. The first-order chi connectivity index (χ1) is 12.1. The third kappa shape index (κ3) is 4.40. The molecule has 0 radical (unpaired) electrons. The number of hydrogen-bond donors (Lipinski definition) is 1. The second kappa shape index (κ2) is 8.17. The van der Waals surface area contributed by atoms with Gasteiger partial charge < -0.3 is 15.0 Å². The van der Waals surface area contributed by atoms with Crippen molar-refractivity contribution >= 4 is 5.91 Å². The molecule has 1 heterocycles. The van der Waals surface area contributed by atoms with Crippen LogP contribution in [0.5, 0.6) is 11.5 Å². The largest absolute Gasteiger partial charge is 0.457 e. The van der Waals surface area contributed by atoms with Crippen LogP contribution in [0.2, 0.25) is 0 Å². The second-order valence-electron chi connectivity index (χ2n) is 6.91. The van der Waals surface area contributed by atoms with E-state index in [4.69, 9.17) is 4.74 Å². The Kier molecular flexibility index (Phi) is 5.71. The third-order valence-corrected chi connectivity index (χ3v) is 4.39. The predicted molar refractivity (Wildman–Crippen MR) is 100 cm³/mol. The van der Waals surface area contributed by atoms with E-state index in [0.717, 1.165) is 31.8 Å². The van der Waals surface area contributed by atoms with Gasteiger partial charge in [0.2, 0.25) is 0 Å². The highest BCUT2D eigenvalue weighted by Crippen LogP contribution is 2.27. The van der Waals surface area contributed by atoms with E-state index in [1.807, 2.05) is 59.5 Å². The zero-order valence-corrected chi connectivity index (χ0v) is 14.9. The number of carbonyl (C=O) groups excluding carboxylic acids is 1. The number of para-hydroxylation sites is 2. The van der Waals surface area contributed by atoms with E-state index >= 15 is 0 Å². The molecular formula is C21H26N2O2. The van der Waals surface area contributed by atoms with Crippen LogP contribution in [0.1, 0.15) is 30.6 Å². The Bertz CT molecular complexity index is 694. The molecular weight excluding hydrogens is 312 g/mol. The van der Waals surface area contributed by atoms with Gasteiger partial charge in [-0.2, -0.15) is 0 Å². The predicted octanol–water partition coefficient (Wildman–Crippen LogP) is 3.94. The molecule has 0 saturated carbocycles. The van der Waals surface area contributed by atoms with Crippen molar-refractivity contribution in [2.75, 3.05) is 19.6 Å². The first-order valence-electron chi connectivity index (χ1n) is 8.98. The first-order valence-corrected chi connectivity index (χ1v) is 8.98. The van der Waals surface area contributed by atoms with Crippen LogP contribution in [0.4, 0.5) is 0 Å². The zero-order valence-electron chi connectivity index (χ0n) is 14.9. The molecule has 1 atom stereocenters. The quantitative estimate of drug-likeness (QED) is 0.867. The number of hydrogen-bond acceptors (Lipinski definition) is 3. The summed E-state index contributed by atoms with van der Waals surface area (Å²) >= 11 is 0. The van der Waals surface area contributed by atoms with Crippen LogP contribution in [0.15, 0.2) is 54.6 Å². The molecule has 1 fully saturated rings. The number of rotatable bonds is 6. The third-order valence-electron chi connectivity index (χ3n) is 4.39. The summed E-state index contributed by atoms with van der Waals surface area (Å²) in [6.45, 7) is 6.88. The number of carbonyl (C=O) groups is 1. The SMILES string of the molecule is CC(C)CN(C(=O)c1ccccc1Oc1ccccc1)C1CCNC1. The van der Waals surface area contributed by atoms with Gasteiger partial charge in [0.05, 0.1) is 5.56 Å². The minimum atomic E-state index is 0.0499. The average Bonchev–Trinajstić information content (AvgIpc) is 3.15. The fourth-order valence-corrected chi connectivity index (χ4v) is 3.20. The Labute approximate surface area is 149 Å². The Morgan fingerprint density at radius 2 is 1.88 bits per heavy atom. The molecule has 2 aromatic rings. The number of nitrogens with zero attached hydrogens (tertiary/aromatic N) is 1. The molecule has 25 heavy (non-hydrogen) atoms. The standard InChI is InChI=1S/C21H26N2O2/c1-16(2)15-23(17-12-13-22-14-17)21(24)19-10-6-7-11-20(19)25-18-8-4-3-5-9-18/h3-11,16-17,22H,12-15H2,1-2H3. The van der Waals surface area contributed by atoms with E-state index < -0.39 is 0 Å². The molecule has 0 aromatic heterocycles. The minimum absolute atomic E-state index is 0.0499. The van der Waals surface area contributed by atoms with Crippen molar-refractivity contribution in [3.8, 4) is 11.5 Å². The second-order valence-corrected chi connectivity index (χ2v) is 6.91. The minimum Gasteiger partial charge on any atom is -0.457 e. The van der Waals surface area contributed by atoms with Crippen LogP contribution >= 0.6 is 0 Å². The van der Waals surface area contributed by atoms with Crippen molar-refractivity contribution in [3.05, 3.63) is 60.2 Å². The first kappa shape index (κ1) is 17.5. The van der Waals surface area contributed by atoms with Gasteiger partial charge in [-0.3, -0.25) is 4.79 Å². The van der Waals surface area contributed by atoms with Crippen molar-refractivity contribution < 1.29 is 9.53 Å². The van der Waals surface area contributed by atoms with E-state index in [0.29, 0.717) is 17.2 Å². The summed E-state index contributed by atoms with van der Waals surface area (Å²) in [5, 5.41) is 3.36. The Balaban J connectivity index is 1.87. The van der Waals surface area contributed by atoms with Gasteiger partial charge in [-0.25, -0.2) is 0 Å². The zero-order chi connectivity index (χ0) is 17.6. The summed E-state index contributed by atoms with van der Waals surface area (Å²) in [7, 11) is 0. The van der Waals surface area contributed by atoms with Crippen molar-refractivity contribution in [1.29, 1.82) is 0 Å². The maximum absolute atomic E-state index is 13.3. The molecule has 4 heteroatoms. The van der Waals surface area contributed by atoms with Crippen molar-refractivity contribution in [2.45, 2.75) is 26.3 Å². The highest BCUT2D eigenvalue weighted by molar-refractivity contribution is 5.97. The fraction of sp³-hybridized carbons (Fsp3) is 0.381. The average molecular weight is 338 g/mol. The smallest absolute Gasteiger partial charge is 0.257 e. The van der Waals surface area contributed by atoms with Gasteiger partial charge in [0.15, 0.2) is 0 Å². The van der Waals surface area contributed by atoms with Crippen LogP contribution in [0, 0.1) is 5.92 Å². The highest BCUT2D eigenvalue weighted by atomic mass is 16.5. The summed E-state index contributed by atoms with van der Waals surface area (Å²) < 4.78 is 5.99. The Morgan fingerprint density at radius 1 is 1.16 bits per heavy atom. The van der Waals surface area contributed by atoms with Crippen LogP contribution in [0.25, 0.3) is 0 Å². The lowest BCUT2D eigenvalue weighted by Gasteiger charge is -2.30. The fourth-order valence-electron chi connectivity index (χ4n) is 3.20. The van der Waals surface area contributed by atoms with E-state index in [-0.39, 0.29) is 11.9 Å². The van der Waals surface area contributed by atoms with Gasteiger partial charge in [0.1, 0.15) is 11.5 Å². The number of benzene rings is 2. The Hall–Kier alpha value is -2.33. The normalized spacial score (nSPS) is 16.8. The summed E-state index contributed by atoms with van der Waals surface area (Å²) in [6, 6.07) is 17.4. The maximum Gasteiger partial charge on any atom is 0.257 e. The molecule has 132 valence electrons. The molecule has 0 aliphatic carbocycles. The van der Waals surface area contributed by atoms with Gasteiger partial charge in [0, 0.05) is 19.1 Å². The van der Waals surface area contributed by atoms with E-state index in [9.17, 15) is 4.79 Å². The molecule has 1 amide bonds. The van der Waals surface area contributed by atoms with Gasteiger partial charge in [0.25, 0.3) is 5.91 Å². The van der Waals surface area contributed by atoms with E-state index in [2.05, 4.69) is 19.2 Å². The van der Waals surface area contributed by atoms with Crippen molar-refractivity contribution in [3.63, 3.8) is 0 Å². The number of ether oxygens (including phenoxy) is 1. The van der Waals surface area contributed by atoms with Crippen molar-refractivity contribution in [2.24, 2.45) is 5.92 Å². The molecule has 2 aromatic carbocycles. The van der Waals surface area contributed by atoms with E-state index in [1.54, 1.807) is 0 Å². The summed E-state index contributed by atoms with van der Waals surface area (Å²) in [5.74, 6) is 1.82. The lowest BCUT2D eigenvalue weighted by Crippen LogP contribution is -2.43. The number of nitrogens with one attached hydrogen (secondary N) is 1. The maximum atomic E-state index is 13.3. The molecule has 4 nitrogen and oxygen atoms in total. The van der Waals surface area contributed by atoms with Crippen LogP contribution in [-0.4, -0.2) is 36.5 Å². The van der Waals surface area contributed by atoms with Crippen LogP contribution in [0.3, 0.4) is 0 Å². The molecule has 0 spiro atoms. The van der Waals surface area contributed by atoms with Gasteiger partial charge in [-0.05, 0) is 43.1 Å². The highest BCUT2D eigenvalue weighted by Gasteiger charge is 2.29. The lowest BCUT2D eigenvalue weighted by atomic mass is 10.1. The topological polar surface area (TPSA) is 41.6 Å². The van der Waals surface area contributed by atoms with Crippen LogP contribution in [-0.2, 0) is 0 Å². The molecule has 1 unspecified atom stereocenters. The molecule has 1 N–H and O–H groups in total. The van der Waals surface area contributed by atoms with E-state index in [1.165, 1.54) is 0 Å². The summed E-state index contributed by atoms with van der Waals surface area (Å²) in [5.41, 5.74) is 0.624. The molecule has 3 rings (SSSR count). The van der Waals surface area contributed by atoms with Gasteiger partial charge in [-0.15, -0.1) is 0 Å². The Morgan fingerprint density at radius 3 is 2.56 bits per heavy atom. The molecule has 1 saturated heterocycles. The number of amides is 1. The molecule has 0 bridgehead atoms. The monoisotopic (exact) mass is 338 g/mol. The van der Waals surface area contributed by atoms with Crippen molar-refractivity contribution in [1.82, 2.24) is 10.2 Å². The molecule has 1 aliphatic rings. The summed E-state index contributed by atoms with van der Waals surface area (Å²) in [6.07, 6.45) is 1.00. The molecule has 1 aliphatic heterocycles. The lowest BCUT2D eigenvalue weighted by molar-refractivity contribution is 0.0664. The van der Waals surface area contributed by atoms with Gasteiger partial charge >= 0.3 is 0 Å². The van der Waals surface area contributed by atoms with Gasteiger partial charge in [-0.1, -0.05) is 44.2 Å². The van der Waals surface area contributed by atoms with Crippen LogP contribution < -0.4 is 10.1 Å².